The van der Waals surface area contributed by atoms with Crippen molar-refractivity contribution in [2.45, 2.75) is 46.1 Å². The number of likely N-dealkylation sites (N-methyl/N-ethyl adjacent to an activating group) is 1. The van der Waals surface area contributed by atoms with E-state index in [1.807, 2.05) is 0 Å². The molecule has 2 heterocycles. The van der Waals surface area contributed by atoms with Gasteiger partial charge in [0.05, 0.1) is 5.69 Å². The van der Waals surface area contributed by atoms with E-state index in [1.165, 1.54) is 37.1 Å². The monoisotopic (exact) mass is 291 g/mol. The fourth-order valence-corrected chi connectivity index (χ4v) is 3.16. The molecule has 0 aliphatic carbocycles. The molecule has 0 amide bonds. The van der Waals surface area contributed by atoms with Crippen molar-refractivity contribution >= 4 is 5.82 Å². The van der Waals surface area contributed by atoms with E-state index < -0.39 is 0 Å². The Hall–Kier alpha value is -1.20. The average molecular weight is 291 g/mol. The van der Waals surface area contributed by atoms with Gasteiger partial charge in [-0.25, -0.2) is 0 Å². The number of nitrogens with two attached hydrogens (primary N) is 1. The van der Waals surface area contributed by atoms with Gasteiger partial charge in [0.1, 0.15) is 0 Å². The first-order valence-electron chi connectivity index (χ1n) is 8.22. The zero-order chi connectivity index (χ0) is 15.2. The summed E-state index contributed by atoms with van der Waals surface area (Å²) in [6.45, 7) is 9.38. The lowest BCUT2D eigenvalue weighted by molar-refractivity contribution is 0.346. The van der Waals surface area contributed by atoms with Gasteiger partial charge in [-0.3, -0.25) is 0 Å². The highest BCUT2D eigenvalue weighted by Gasteiger charge is 2.17. The molecule has 0 saturated carbocycles. The molecule has 1 aliphatic rings. The second-order valence-corrected chi connectivity index (χ2v) is 5.81. The highest BCUT2D eigenvalue weighted by molar-refractivity contribution is 5.50. The maximum Gasteiger partial charge on any atom is 0.155 e. The Morgan fingerprint density at radius 1 is 1.10 bits per heavy atom. The predicted octanol–water partition coefficient (Wildman–Crippen LogP) is 1.59. The standard InChI is InChI=1S/C16H29N5/c1-4-13-14(12-17)16(19-18-15(13)5-2)20(3)10-11-21-8-6-7-9-21/h4-12,17H2,1-3H3. The third-order valence-electron chi connectivity index (χ3n) is 4.45. The van der Waals surface area contributed by atoms with Crippen LogP contribution in [0.1, 0.15) is 43.5 Å². The molecule has 21 heavy (non-hydrogen) atoms. The third kappa shape index (κ3) is 3.71. The second kappa shape index (κ2) is 7.71. The summed E-state index contributed by atoms with van der Waals surface area (Å²) in [6, 6.07) is 0. The topological polar surface area (TPSA) is 58.3 Å². The van der Waals surface area contributed by atoms with E-state index in [0.717, 1.165) is 37.4 Å². The van der Waals surface area contributed by atoms with Gasteiger partial charge >= 0.3 is 0 Å². The molecule has 5 heteroatoms. The van der Waals surface area contributed by atoms with E-state index in [-0.39, 0.29) is 0 Å². The third-order valence-corrected chi connectivity index (χ3v) is 4.45. The summed E-state index contributed by atoms with van der Waals surface area (Å²) in [5.41, 5.74) is 9.56. The van der Waals surface area contributed by atoms with Crippen LogP contribution in [-0.2, 0) is 19.4 Å². The predicted molar refractivity (Wildman–Crippen MR) is 87.6 cm³/mol. The molecule has 1 aromatic heterocycles. The summed E-state index contributed by atoms with van der Waals surface area (Å²) >= 11 is 0. The van der Waals surface area contributed by atoms with E-state index in [1.54, 1.807) is 0 Å². The van der Waals surface area contributed by atoms with E-state index in [2.05, 4.69) is 40.9 Å². The summed E-state index contributed by atoms with van der Waals surface area (Å²) in [6.07, 6.45) is 4.56. The molecule has 1 aliphatic heterocycles. The van der Waals surface area contributed by atoms with E-state index in [9.17, 15) is 0 Å². The largest absolute Gasteiger partial charge is 0.357 e. The van der Waals surface area contributed by atoms with Crippen LogP contribution in [0.3, 0.4) is 0 Å². The first-order chi connectivity index (χ1) is 10.2. The first-order valence-corrected chi connectivity index (χ1v) is 8.22. The van der Waals surface area contributed by atoms with Crippen LogP contribution in [0.4, 0.5) is 5.82 Å². The molecule has 0 bridgehead atoms. The van der Waals surface area contributed by atoms with Crippen LogP contribution in [-0.4, -0.2) is 48.3 Å². The molecule has 0 atom stereocenters. The number of aryl methyl sites for hydroxylation is 1. The van der Waals surface area contributed by atoms with Crippen LogP contribution >= 0.6 is 0 Å². The van der Waals surface area contributed by atoms with Crippen LogP contribution in [0.15, 0.2) is 0 Å². The smallest absolute Gasteiger partial charge is 0.155 e. The number of nitrogens with zero attached hydrogens (tertiary/aromatic N) is 4. The maximum atomic E-state index is 6.00. The van der Waals surface area contributed by atoms with Gasteiger partial charge in [-0.1, -0.05) is 13.8 Å². The summed E-state index contributed by atoms with van der Waals surface area (Å²) in [5, 5.41) is 8.87. The molecule has 5 nitrogen and oxygen atoms in total. The maximum absolute atomic E-state index is 6.00. The molecule has 1 saturated heterocycles. The Morgan fingerprint density at radius 3 is 2.38 bits per heavy atom. The highest BCUT2D eigenvalue weighted by atomic mass is 15.3. The zero-order valence-corrected chi connectivity index (χ0v) is 13.7. The van der Waals surface area contributed by atoms with E-state index >= 15 is 0 Å². The highest BCUT2D eigenvalue weighted by Crippen LogP contribution is 2.23. The molecular formula is C16H29N5. The van der Waals surface area contributed by atoms with Gasteiger partial charge in [-0.05, 0) is 44.3 Å². The normalized spacial score (nSPS) is 15.6. The van der Waals surface area contributed by atoms with Crippen LogP contribution < -0.4 is 10.6 Å². The van der Waals surface area contributed by atoms with Gasteiger partial charge in [0.15, 0.2) is 5.82 Å². The molecule has 0 aromatic carbocycles. The Kier molecular flexibility index (Phi) is 5.94. The Morgan fingerprint density at radius 2 is 1.81 bits per heavy atom. The lowest BCUT2D eigenvalue weighted by Crippen LogP contribution is -2.33. The number of hydrogen-bond donors (Lipinski definition) is 1. The van der Waals surface area contributed by atoms with Crippen molar-refractivity contribution in [3.63, 3.8) is 0 Å². The zero-order valence-electron chi connectivity index (χ0n) is 13.7. The van der Waals surface area contributed by atoms with E-state index in [0.29, 0.717) is 6.54 Å². The Bertz CT molecular complexity index is 454. The molecule has 0 unspecified atom stereocenters. The van der Waals surface area contributed by atoms with Crippen LogP contribution in [0.5, 0.6) is 0 Å². The Labute approximate surface area is 128 Å². The SMILES string of the molecule is CCc1nnc(N(C)CCN2CCCC2)c(CN)c1CC. The van der Waals surface area contributed by atoms with Gasteiger partial charge < -0.3 is 15.5 Å². The van der Waals surface area contributed by atoms with Crippen molar-refractivity contribution in [3.05, 3.63) is 16.8 Å². The molecule has 2 N–H and O–H groups in total. The fourth-order valence-electron chi connectivity index (χ4n) is 3.16. The summed E-state index contributed by atoms with van der Waals surface area (Å²) in [5.74, 6) is 0.964. The number of anilines is 1. The molecule has 2 rings (SSSR count). The lowest BCUT2D eigenvalue weighted by Gasteiger charge is -2.25. The van der Waals surface area contributed by atoms with Crippen LogP contribution in [0.25, 0.3) is 0 Å². The number of hydrogen-bond acceptors (Lipinski definition) is 5. The number of rotatable bonds is 7. The van der Waals surface area contributed by atoms with Gasteiger partial charge in [0, 0.05) is 32.2 Å². The average Bonchev–Trinajstić information content (AvgIpc) is 3.04. The van der Waals surface area contributed by atoms with Gasteiger partial charge in [-0.15, -0.1) is 5.10 Å². The van der Waals surface area contributed by atoms with Crippen molar-refractivity contribution in [2.24, 2.45) is 5.73 Å². The van der Waals surface area contributed by atoms with Crippen molar-refractivity contribution < 1.29 is 0 Å². The molecule has 1 fully saturated rings. The second-order valence-electron chi connectivity index (χ2n) is 5.81. The minimum absolute atomic E-state index is 0.537. The molecule has 1 aromatic rings. The van der Waals surface area contributed by atoms with Gasteiger partial charge in [0.2, 0.25) is 0 Å². The first kappa shape index (κ1) is 16.2. The minimum atomic E-state index is 0.537. The molecule has 0 radical (unpaired) electrons. The number of aromatic nitrogens is 2. The molecule has 118 valence electrons. The van der Waals surface area contributed by atoms with E-state index in [4.69, 9.17) is 5.73 Å². The van der Waals surface area contributed by atoms with Crippen LogP contribution in [0, 0.1) is 0 Å². The van der Waals surface area contributed by atoms with Crippen molar-refractivity contribution in [3.8, 4) is 0 Å². The molecular weight excluding hydrogens is 262 g/mol. The van der Waals surface area contributed by atoms with Crippen molar-refractivity contribution in [1.29, 1.82) is 0 Å². The van der Waals surface area contributed by atoms with Crippen molar-refractivity contribution in [2.75, 3.05) is 38.1 Å². The summed E-state index contributed by atoms with van der Waals surface area (Å²) in [4.78, 5) is 4.74. The van der Waals surface area contributed by atoms with Crippen LogP contribution in [0.2, 0.25) is 0 Å². The Balaban J connectivity index is 2.13. The van der Waals surface area contributed by atoms with Gasteiger partial charge in [-0.2, -0.15) is 5.10 Å². The quantitative estimate of drug-likeness (QED) is 0.827. The minimum Gasteiger partial charge on any atom is -0.357 e. The van der Waals surface area contributed by atoms with Crippen molar-refractivity contribution in [1.82, 2.24) is 15.1 Å². The van der Waals surface area contributed by atoms with Gasteiger partial charge in [0.25, 0.3) is 0 Å². The fraction of sp³-hybridized carbons (Fsp3) is 0.750. The summed E-state index contributed by atoms with van der Waals surface area (Å²) < 4.78 is 0. The lowest BCUT2D eigenvalue weighted by atomic mass is 10.0. The number of likely N-dealkylation sites (tertiary alicyclic amines) is 1. The molecule has 0 spiro atoms. The summed E-state index contributed by atoms with van der Waals surface area (Å²) in [7, 11) is 2.10.